The molecule has 1 N–H and O–H groups in total. The highest BCUT2D eigenvalue weighted by Gasteiger charge is 2.12. The molecule has 0 spiro atoms. The van der Waals surface area contributed by atoms with E-state index in [0.29, 0.717) is 5.69 Å². The number of aliphatic hydroxyl groups is 1. The Kier molecular flexibility index (Phi) is 5.06. The highest BCUT2D eigenvalue weighted by Crippen LogP contribution is 2.03. The van der Waals surface area contributed by atoms with Crippen LogP contribution in [0.25, 0.3) is 0 Å². The van der Waals surface area contributed by atoms with Crippen molar-refractivity contribution in [2.75, 3.05) is 19.7 Å². The molecule has 0 fully saturated rings. The molecule has 0 aliphatic carbocycles. The van der Waals surface area contributed by atoms with E-state index in [1.165, 1.54) is 23.5 Å². The lowest BCUT2D eigenvalue weighted by Crippen LogP contribution is -2.31. The first-order chi connectivity index (χ1) is 7.22. The molecule has 0 saturated heterocycles. The summed E-state index contributed by atoms with van der Waals surface area (Å²) < 4.78 is 24.3. The van der Waals surface area contributed by atoms with Crippen LogP contribution in [0.15, 0.2) is 18.6 Å². The van der Waals surface area contributed by atoms with Gasteiger partial charge in [-0.15, -0.1) is 0 Å². The van der Waals surface area contributed by atoms with Gasteiger partial charge < -0.3 is 5.11 Å². The van der Waals surface area contributed by atoms with Gasteiger partial charge in [0, 0.05) is 31.7 Å². The molecular weight excluding hydrogens is 204 g/mol. The molecule has 1 heterocycles. The van der Waals surface area contributed by atoms with Crippen molar-refractivity contribution in [1.82, 2.24) is 14.9 Å². The fraction of sp³-hybridized carbons (Fsp3) is 0.556. The summed E-state index contributed by atoms with van der Waals surface area (Å²) in [6.45, 7) is -0.0240. The fourth-order valence-corrected chi connectivity index (χ4v) is 1.21. The summed E-state index contributed by atoms with van der Waals surface area (Å²) in [6.07, 6.45) is 2.14. The van der Waals surface area contributed by atoms with Crippen molar-refractivity contribution in [3.8, 4) is 0 Å². The summed E-state index contributed by atoms with van der Waals surface area (Å²) in [5.74, 6) is 0. The van der Waals surface area contributed by atoms with Crippen molar-refractivity contribution in [1.29, 1.82) is 0 Å². The van der Waals surface area contributed by atoms with E-state index in [1.807, 2.05) is 0 Å². The first kappa shape index (κ1) is 11.9. The Morgan fingerprint density at radius 2 is 2.20 bits per heavy atom. The molecule has 15 heavy (non-hydrogen) atoms. The number of nitrogens with zero attached hydrogens (tertiary/aromatic N) is 3. The Hall–Kier alpha value is -1.14. The van der Waals surface area contributed by atoms with Crippen molar-refractivity contribution in [2.45, 2.75) is 13.0 Å². The summed E-state index contributed by atoms with van der Waals surface area (Å²) >= 11 is 0. The lowest BCUT2D eigenvalue weighted by Gasteiger charge is -2.19. The fourth-order valence-electron chi connectivity index (χ4n) is 1.21. The monoisotopic (exact) mass is 217 g/mol. The van der Waals surface area contributed by atoms with Crippen molar-refractivity contribution in [3.05, 3.63) is 24.3 Å². The van der Waals surface area contributed by atoms with E-state index in [9.17, 15) is 8.78 Å². The molecule has 0 bridgehead atoms. The van der Waals surface area contributed by atoms with E-state index in [4.69, 9.17) is 5.11 Å². The van der Waals surface area contributed by atoms with Gasteiger partial charge in [0.2, 0.25) is 0 Å². The molecule has 84 valence electrons. The molecule has 1 aromatic rings. The maximum absolute atomic E-state index is 12.2. The molecule has 0 amide bonds. The standard InChI is InChI=1S/C9H13F2N3O/c10-9(11)7-14(3-4-15)6-8-5-12-1-2-13-8/h1-2,5,9,15H,3-4,6-7H2. The maximum atomic E-state index is 12.2. The molecule has 0 radical (unpaired) electrons. The van der Waals surface area contributed by atoms with Crippen LogP contribution in [-0.2, 0) is 6.54 Å². The summed E-state index contributed by atoms with van der Waals surface area (Å²) in [6, 6.07) is 0. The van der Waals surface area contributed by atoms with E-state index in [-0.39, 0.29) is 26.2 Å². The van der Waals surface area contributed by atoms with Gasteiger partial charge in [-0.05, 0) is 0 Å². The van der Waals surface area contributed by atoms with Crippen LogP contribution >= 0.6 is 0 Å². The molecular formula is C9H13F2N3O. The molecule has 0 aliphatic rings. The van der Waals surface area contributed by atoms with Crippen LogP contribution < -0.4 is 0 Å². The summed E-state index contributed by atoms with van der Waals surface area (Å²) in [5.41, 5.74) is 0.617. The van der Waals surface area contributed by atoms with Gasteiger partial charge in [0.25, 0.3) is 6.43 Å². The van der Waals surface area contributed by atoms with Gasteiger partial charge in [0.05, 0.1) is 18.8 Å². The number of halogens is 2. The quantitative estimate of drug-likeness (QED) is 0.755. The number of hydrogen-bond acceptors (Lipinski definition) is 4. The molecule has 1 aromatic heterocycles. The molecule has 1 rings (SSSR count). The van der Waals surface area contributed by atoms with Gasteiger partial charge in [0.1, 0.15) is 0 Å². The number of rotatable bonds is 6. The maximum Gasteiger partial charge on any atom is 0.251 e. The predicted molar refractivity (Wildman–Crippen MR) is 50.4 cm³/mol. The normalized spacial score (nSPS) is 11.3. The third-order valence-electron chi connectivity index (χ3n) is 1.81. The highest BCUT2D eigenvalue weighted by molar-refractivity contribution is 4.94. The molecule has 0 unspecified atom stereocenters. The second-order valence-electron chi connectivity index (χ2n) is 3.05. The zero-order chi connectivity index (χ0) is 11.1. The minimum atomic E-state index is -2.41. The molecule has 0 aliphatic heterocycles. The SMILES string of the molecule is OCCN(Cc1cnccn1)CC(F)F. The first-order valence-electron chi connectivity index (χ1n) is 4.58. The van der Waals surface area contributed by atoms with Crippen molar-refractivity contribution >= 4 is 0 Å². The van der Waals surface area contributed by atoms with Gasteiger partial charge in [-0.2, -0.15) is 0 Å². The average Bonchev–Trinajstić information content (AvgIpc) is 2.18. The molecule has 6 heteroatoms. The zero-order valence-corrected chi connectivity index (χ0v) is 8.18. The van der Waals surface area contributed by atoms with Crippen molar-refractivity contribution in [2.24, 2.45) is 0 Å². The van der Waals surface area contributed by atoms with E-state index in [2.05, 4.69) is 9.97 Å². The van der Waals surface area contributed by atoms with Gasteiger partial charge in [0.15, 0.2) is 0 Å². The van der Waals surface area contributed by atoms with Crippen molar-refractivity contribution in [3.63, 3.8) is 0 Å². The van der Waals surface area contributed by atoms with Gasteiger partial charge >= 0.3 is 0 Å². The smallest absolute Gasteiger partial charge is 0.251 e. The van der Waals surface area contributed by atoms with Gasteiger partial charge in [-0.3, -0.25) is 14.9 Å². The minimum Gasteiger partial charge on any atom is -0.395 e. The Morgan fingerprint density at radius 1 is 1.40 bits per heavy atom. The average molecular weight is 217 g/mol. The highest BCUT2D eigenvalue weighted by atomic mass is 19.3. The van der Waals surface area contributed by atoms with Crippen LogP contribution in [0.3, 0.4) is 0 Å². The van der Waals surface area contributed by atoms with Crippen LogP contribution in [0.4, 0.5) is 8.78 Å². The molecule has 4 nitrogen and oxygen atoms in total. The largest absolute Gasteiger partial charge is 0.395 e. The van der Waals surface area contributed by atoms with Crippen molar-refractivity contribution < 1.29 is 13.9 Å². The van der Waals surface area contributed by atoms with Crippen LogP contribution in [0.5, 0.6) is 0 Å². The van der Waals surface area contributed by atoms with Crippen LogP contribution in [-0.4, -0.2) is 46.1 Å². The Labute approximate surface area is 86.6 Å². The van der Waals surface area contributed by atoms with E-state index >= 15 is 0 Å². The van der Waals surface area contributed by atoms with E-state index < -0.39 is 6.43 Å². The number of aliphatic hydroxyl groups excluding tert-OH is 1. The lowest BCUT2D eigenvalue weighted by atomic mass is 10.4. The zero-order valence-electron chi connectivity index (χ0n) is 8.18. The summed E-state index contributed by atoms with van der Waals surface area (Å²) in [5, 5.41) is 8.70. The topological polar surface area (TPSA) is 49.2 Å². The van der Waals surface area contributed by atoms with E-state index in [1.54, 1.807) is 0 Å². The minimum absolute atomic E-state index is 0.146. The molecule has 0 saturated carbocycles. The Morgan fingerprint density at radius 3 is 2.73 bits per heavy atom. The van der Waals surface area contributed by atoms with E-state index in [0.717, 1.165) is 0 Å². The number of hydrogen-bond donors (Lipinski definition) is 1. The third kappa shape index (κ3) is 4.75. The number of alkyl halides is 2. The van der Waals surface area contributed by atoms with Crippen LogP contribution in [0.1, 0.15) is 5.69 Å². The second kappa shape index (κ2) is 6.36. The molecule has 0 aromatic carbocycles. The van der Waals surface area contributed by atoms with Crippen LogP contribution in [0.2, 0.25) is 0 Å². The first-order valence-corrected chi connectivity index (χ1v) is 4.58. The van der Waals surface area contributed by atoms with Crippen LogP contribution in [0, 0.1) is 0 Å². The third-order valence-corrected chi connectivity index (χ3v) is 1.81. The van der Waals surface area contributed by atoms with Gasteiger partial charge in [-0.1, -0.05) is 0 Å². The molecule has 0 atom stereocenters. The Balaban J connectivity index is 2.50. The number of aromatic nitrogens is 2. The summed E-state index contributed by atoms with van der Waals surface area (Å²) in [7, 11) is 0. The Bertz CT molecular complexity index is 271. The predicted octanol–water partition coefficient (Wildman–Crippen LogP) is 0.536. The summed E-state index contributed by atoms with van der Waals surface area (Å²) in [4.78, 5) is 9.25. The lowest BCUT2D eigenvalue weighted by molar-refractivity contribution is 0.0740. The van der Waals surface area contributed by atoms with Gasteiger partial charge in [-0.25, -0.2) is 8.78 Å². The second-order valence-corrected chi connectivity index (χ2v) is 3.05.